The highest BCUT2D eigenvalue weighted by Gasteiger charge is 2.25. The standard InChI is InChI=1S/C24H26N4O3S/c29-22(27-13-11-26(12-14-27)18-6-2-1-3-7-18)17-32-23-20-9-4-10-21(20)28(24(30)25-23)16-19-8-5-15-31-19/h1-3,5-8,15H,4,9-14,16-17H2. The number of rotatable bonds is 6. The van der Waals surface area contributed by atoms with E-state index in [1.54, 1.807) is 10.8 Å². The maximum absolute atomic E-state index is 12.8. The Morgan fingerprint density at radius 3 is 2.59 bits per heavy atom. The van der Waals surface area contributed by atoms with Crippen molar-refractivity contribution in [3.8, 4) is 0 Å². The molecule has 1 aliphatic heterocycles. The number of hydrogen-bond donors (Lipinski definition) is 0. The highest BCUT2D eigenvalue weighted by Crippen LogP contribution is 2.30. The Balaban J connectivity index is 1.23. The van der Waals surface area contributed by atoms with Crippen LogP contribution in [0.25, 0.3) is 0 Å². The van der Waals surface area contributed by atoms with E-state index < -0.39 is 0 Å². The van der Waals surface area contributed by atoms with Crippen molar-refractivity contribution in [2.24, 2.45) is 0 Å². The van der Waals surface area contributed by atoms with Crippen LogP contribution >= 0.6 is 11.8 Å². The molecule has 0 atom stereocenters. The number of piperazine rings is 1. The van der Waals surface area contributed by atoms with Crippen LogP contribution in [0.4, 0.5) is 5.69 Å². The van der Waals surface area contributed by atoms with Crippen LogP contribution in [-0.2, 0) is 24.2 Å². The Morgan fingerprint density at radius 1 is 1.03 bits per heavy atom. The summed E-state index contributed by atoms with van der Waals surface area (Å²) in [6.45, 7) is 3.49. The van der Waals surface area contributed by atoms with Gasteiger partial charge in [0.15, 0.2) is 0 Å². The van der Waals surface area contributed by atoms with Crippen molar-refractivity contribution in [1.82, 2.24) is 14.5 Å². The summed E-state index contributed by atoms with van der Waals surface area (Å²) in [5.41, 5.74) is 3.08. The number of fused-ring (bicyclic) bond motifs is 1. The molecule has 0 spiro atoms. The molecule has 2 aliphatic rings. The van der Waals surface area contributed by atoms with Crippen molar-refractivity contribution in [3.05, 3.63) is 76.2 Å². The molecule has 1 saturated heterocycles. The maximum Gasteiger partial charge on any atom is 0.349 e. The topological polar surface area (TPSA) is 71.6 Å². The number of anilines is 1. The number of benzene rings is 1. The van der Waals surface area contributed by atoms with E-state index in [4.69, 9.17) is 4.42 Å². The summed E-state index contributed by atoms with van der Waals surface area (Å²) in [4.78, 5) is 34.2. The summed E-state index contributed by atoms with van der Waals surface area (Å²) >= 11 is 1.40. The first kappa shape index (κ1) is 20.9. The monoisotopic (exact) mass is 450 g/mol. The molecule has 7 nitrogen and oxygen atoms in total. The van der Waals surface area contributed by atoms with Crippen molar-refractivity contribution in [3.63, 3.8) is 0 Å². The molecular formula is C24H26N4O3S. The van der Waals surface area contributed by atoms with Crippen molar-refractivity contribution in [1.29, 1.82) is 0 Å². The van der Waals surface area contributed by atoms with Gasteiger partial charge in [0.05, 0.1) is 18.6 Å². The largest absolute Gasteiger partial charge is 0.467 e. The van der Waals surface area contributed by atoms with Crippen molar-refractivity contribution < 1.29 is 9.21 Å². The normalized spacial score (nSPS) is 15.8. The third kappa shape index (κ3) is 4.32. The zero-order valence-electron chi connectivity index (χ0n) is 17.9. The Bertz CT molecular complexity index is 1140. The van der Waals surface area contributed by atoms with Crippen molar-refractivity contribution in [2.75, 3.05) is 36.8 Å². The zero-order valence-corrected chi connectivity index (χ0v) is 18.7. The van der Waals surface area contributed by atoms with Crippen LogP contribution in [0.1, 0.15) is 23.4 Å². The van der Waals surface area contributed by atoms with E-state index in [9.17, 15) is 9.59 Å². The molecule has 1 amide bonds. The fraction of sp³-hybridized carbons (Fsp3) is 0.375. The predicted molar refractivity (Wildman–Crippen MR) is 124 cm³/mol. The Kier molecular flexibility index (Phi) is 6.03. The summed E-state index contributed by atoms with van der Waals surface area (Å²) in [6.07, 6.45) is 4.37. The zero-order chi connectivity index (χ0) is 21.9. The lowest BCUT2D eigenvalue weighted by molar-refractivity contribution is -0.128. The minimum absolute atomic E-state index is 0.107. The smallest absolute Gasteiger partial charge is 0.349 e. The SMILES string of the molecule is O=C(CSc1nc(=O)n(Cc2ccco2)c2c1CCC2)N1CCN(c2ccccc2)CC1. The predicted octanol–water partition coefficient (Wildman–Crippen LogP) is 2.81. The number of hydrogen-bond acceptors (Lipinski definition) is 6. The van der Waals surface area contributed by atoms with Crippen LogP contribution < -0.4 is 10.6 Å². The molecule has 32 heavy (non-hydrogen) atoms. The average molecular weight is 451 g/mol. The van der Waals surface area contributed by atoms with Crippen LogP contribution in [0.3, 0.4) is 0 Å². The highest BCUT2D eigenvalue weighted by molar-refractivity contribution is 7.99. The second-order valence-corrected chi connectivity index (χ2v) is 9.10. The van der Waals surface area contributed by atoms with Gasteiger partial charge in [-0.1, -0.05) is 30.0 Å². The lowest BCUT2D eigenvalue weighted by atomic mass is 10.2. The van der Waals surface area contributed by atoms with Gasteiger partial charge >= 0.3 is 5.69 Å². The minimum atomic E-state index is -0.270. The summed E-state index contributed by atoms with van der Waals surface area (Å²) in [6, 6.07) is 14.0. The molecule has 8 heteroatoms. The van der Waals surface area contributed by atoms with Crippen LogP contribution in [0.15, 0.2) is 63.0 Å². The van der Waals surface area contributed by atoms with Gasteiger partial charge in [-0.25, -0.2) is 4.79 Å². The molecule has 0 saturated carbocycles. The molecule has 0 unspecified atom stereocenters. The molecule has 1 aliphatic carbocycles. The van der Waals surface area contributed by atoms with Gasteiger partial charge in [-0.2, -0.15) is 4.98 Å². The number of amides is 1. The van der Waals surface area contributed by atoms with Gasteiger partial charge in [0.1, 0.15) is 10.8 Å². The van der Waals surface area contributed by atoms with Gasteiger partial charge in [-0.3, -0.25) is 9.36 Å². The van der Waals surface area contributed by atoms with Gasteiger partial charge in [-0.05, 0) is 43.5 Å². The number of nitrogens with zero attached hydrogens (tertiary/aromatic N) is 4. The van der Waals surface area contributed by atoms with E-state index >= 15 is 0 Å². The number of furan rings is 1. The van der Waals surface area contributed by atoms with Crippen LogP contribution in [0.5, 0.6) is 0 Å². The van der Waals surface area contributed by atoms with Crippen molar-refractivity contribution in [2.45, 2.75) is 30.8 Å². The molecular weight excluding hydrogens is 424 g/mol. The average Bonchev–Trinajstić information content (AvgIpc) is 3.52. The van der Waals surface area contributed by atoms with Gasteiger partial charge in [0.2, 0.25) is 5.91 Å². The van der Waals surface area contributed by atoms with Crippen LogP contribution in [0, 0.1) is 0 Å². The second kappa shape index (κ2) is 9.24. The quantitative estimate of drug-likeness (QED) is 0.425. The fourth-order valence-electron chi connectivity index (χ4n) is 4.50. The van der Waals surface area contributed by atoms with E-state index in [1.807, 2.05) is 35.2 Å². The van der Waals surface area contributed by atoms with E-state index in [-0.39, 0.29) is 11.6 Å². The first-order valence-corrected chi connectivity index (χ1v) is 12.0. The minimum Gasteiger partial charge on any atom is -0.467 e. The number of para-hydroxylation sites is 1. The summed E-state index contributed by atoms with van der Waals surface area (Å²) < 4.78 is 7.14. The Morgan fingerprint density at radius 2 is 1.84 bits per heavy atom. The molecule has 1 fully saturated rings. The number of aromatic nitrogens is 2. The van der Waals surface area contributed by atoms with Crippen molar-refractivity contribution >= 4 is 23.4 Å². The summed E-state index contributed by atoms with van der Waals surface area (Å²) in [7, 11) is 0. The van der Waals surface area contributed by atoms with E-state index in [0.29, 0.717) is 25.4 Å². The van der Waals surface area contributed by atoms with Crippen LogP contribution in [0.2, 0.25) is 0 Å². The lowest BCUT2D eigenvalue weighted by Gasteiger charge is -2.36. The second-order valence-electron chi connectivity index (χ2n) is 8.14. The molecule has 166 valence electrons. The van der Waals surface area contributed by atoms with Gasteiger partial charge in [0.25, 0.3) is 0 Å². The summed E-state index contributed by atoms with van der Waals surface area (Å²) in [5, 5.41) is 0.717. The third-order valence-electron chi connectivity index (χ3n) is 6.18. The molecule has 2 aromatic heterocycles. The number of carbonyl (C=O) groups excluding carboxylic acids is 1. The maximum atomic E-state index is 12.8. The molecule has 0 bridgehead atoms. The van der Waals surface area contributed by atoms with E-state index in [2.05, 4.69) is 22.0 Å². The first-order chi connectivity index (χ1) is 15.7. The molecule has 1 aromatic carbocycles. The lowest BCUT2D eigenvalue weighted by Crippen LogP contribution is -2.49. The van der Waals surface area contributed by atoms with Gasteiger partial charge in [-0.15, -0.1) is 0 Å². The molecule has 3 aromatic rings. The van der Waals surface area contributed by atoms with E-state index in [1.165, 1.54) is 17.4 Å². The summed E-state index contributed by atoms with van der Waals surface area (Å²) in [5.74, 6) is 1.16. The highest BCUT2D eigenvalue weighted by atomic mass is 32.2. The molecule has 5 rings (SSSR count). The third-order valence-corrected chi connectivity index (χ3v) is 7.18. The molecule has 0 N–H and O–H groups in total. The number of thioether (sulfide) groups is 1. The molecule has 3 heterocycles. The Labute approximate surface area is 191 Å². The Hall–Kier alpha value is -3.00. The van der Waals surface area contributed by atoms with Crippen LogP contribution in [-0.4, -0.2) is 52.3 Å². The number of carbonyl (C=O) groups is 1. The van der Waals surface area contributed by atoms with E-state index in [0.717, 1.165) is 54.4 Å². The fourth-order valence-corrected chi connectivity index (χ4v) is 5.48. The van der Waals surface area contributed by atoms with Gasteiger partial charge in [0, 0.05) is 43.1 Å². The van der Waals surface area contributed by atoms with Gasteiger partial charge < -0.3 is 14.2 Å². The first-order valence-electron chi connectivity index (χ1n) is 11.0. The molecule has 0 radical (unpaired) electrons.